The van der Waals surface area contributed by atoms with Crippen molar-refractivity contribution in [2.24, 2.45) is 0 Å². The summed E-state index contributed by atoms with van der Waals surface area (Å²) >= 11 is 3.33. The summed E-state index contributed by atoms with van der Waals surface area (Å²) in [5, 5.41) is 9.05. The number of alkyl halides is 3. The number of nitrogens with zero attached hydrogens (tertiary/aromatic N) is 2. The summed E-state index contributed by atoms with van der Waals surface area (Å²) in [4.78, 5) is 16.3. The predicted octanol–water partition coefficient (Wildman–Crippen LogP) is 4.39. The number of hydrogen-bond acceptors (Lipinski definition) is 4. The van der Waals surface area contributed by atoms with Gasteiger partial charge < -0.3 is 4.74 Å². The van der Waals surface area contributed by atoms with Crippen molar-refractivity contribution in [1.29, 1.82) is 0 Å². The fraction of sp³-hybridized carbons (Fsp3) is 0.0625. The zero-order valence-electron chi connectivity index (χ0n) is 12.8. The van der Waals surface area contributed by atoms with Crippen LogP contribution in [0.1, 0.15) is 10.4 Å². The molecule has 10 heteroatoms. The fourth-order valence-corrected chi connectivity index (χ4v) is 2.30. The van der Waals surface area contributed by atoms with E-state index in [4.69, 9.17) is 0 Å². The van der Waals surface area contributed by atoms with Crippen LogP contribution in [0.5, 0.6) is 5.75 Å². The van der Waals surface area contributed by atoms with E-state index >= 15 is 0 Å². The molecule has 0 spiro atoms. The Balaban J connectivity index is 1.67. The van der Waals surface area contributed by atoms with Crippen molar-refractivity contribution in [1.82, 2.24) is 15.2 Å². The summed E-state index contributed by atoms with van der Waals surface area (Å²) in [6.07, 6.45) is -4.79. The zero-order valence-corrected chi connectivity index (χ0v) is 14.4. The highest BCUT2D eigenvalue weighted by molar-refractivity contribution is 9.10. The largest absolute Gasteiger partial charge is 0.573 e. The van der Waals surface area contributed by atoms with Crippen molar-refractivity contribution in [2.75, 3.05) is 5.32 Å². The first-order valence-electron chi connectivity index (χ1n) is 7.16. The van der Waals surface area contributed by atoms with E-state index < -0.39 is 18.0 Å². The lowest BCUT2D eigenvalue weighted by Gasteiger charge is -2.08. The number of halogens is 4. The van der Waals surface area contributed by atoms with E-state index in [0.29, 0.717) is 5.82 Å². The number of ether oxygens (including phenoxy) is 1. The lowest BCUT2D eigenvalue weighted by atomic mass is 10.2. The van der Waals surface area contributed by atoms with Crippen LogP contribution in [0.4, 0.5) is 19.1 Å². The lowest BCUT2D eigenvalue weighted by molar-refractivity contribution is -0.274. The summed E-state index contributed by atoms with van der Waals surface area (Å²) in [5.74, 6) is -0.473. The zero-order chi connectivity index (χ0) is 18.7. The molecule has 2 aromatic carbocycles. The van der Waals surface area contributed by atoms with E-state index in [2.05, 4.69) is 41.2 Å². The maximum absolute atomic E-state index is 12.1. The number of anilines is 1. The van der Waals surface area contributed by atoms with Gasteiger partial charge >= 0.3 is 6.36 Å². The van der Waals surface area contributed by atoms with Gasteiger partial charge in [0.25, 0.3) is 5.91 Å². The monoisotopic (exact) mass is 426 g/mol. The van der Waals surface area contributed by atoms with Gasteiger partial charge in [-0.1, -0.05) is 28.1 Å². The minimum absolute atomic E-state index is 0.0449. The minimum Gasteiger partial charge on any atom is -0.406 e. The number of H-pyrrole nitrogens is 1. The standard InChI is InChI=1S/C16H10BrF3N4O2/c17-11-5-1-9(2-6-11)13-21-15(24-23-13)22-14(25)10-3-7-12(8-4-10)26-16(18,19)20/h1-8H,(H2,21,22,23,24,25). The normalized spacial score (nSPS) is 11.2. The van der Waals surface area contributed by atoms with Crippen LogP contribution in [-0.4, -0.2) is 27.5 Å². The van der Waals surface area contributed by atoms with Crippen LogP contribution in [0.2, 0.25) is 0 Å². The van der Waals surface area contributed by atoms with Crippen LogP contribution >= 0.6 is 15.9 Å². The van der Waals surface area contributed by atoms with Crippen LogP contribution in [-0.2, 0) is 0 Å². The van der Waals surface area contributed by atoms with E-state index in [-0.39, 0.29) is 11.5 Å². The average Bonchev–Trinajstić information content (AvgIpc) is 3.03. The second-order valence-electron chi connectivity index (χ2n) is 5.04. The van der Waals surface area contributed by atoms with Crippen molar-refractivity contribution < 1.29 is 22.7 Å². The van der Waals surface area contributed by atoms with Gasteiger partial charge in [0.2, 0.25) is 5.95 Å². The van der Waals surface area contributed by atoms with Gasteiger partial charge in [-0.2, -0.15) is 4.98 Å². The average molecular weight is 427 g/mol. The first kappa shape index (κ1) is 17.9. The van der Waals surface area contributed by atoms with Gasteiger partial charge in [-0.25, -0.2) is 0 Å². The van der Waals surface area contributed by atoms with E-state index in [1.54, 1.807) is 0 Å². The fourth-order valence-electron chi connectivity index (χ4n) is 2.04. The number of aromatic amines is 1. The number of carbonyl (C=O) groups is 1. The third kappa shape index (κ3) is 4.60. The van der Waals surface area contributed by atoms with Gasteiger partial charge in [0.1, 0.15) is 5.75 Å². The summed E-state index contributed by atoms with van der Waals surface area (Å²) in [5.41, 5.74) is 0.907. The second-order valence-corrected chi connectivity index (χ2v) is 5.96. The lowest BCUT2D eigenvalue weighted by Crippen LogP contribution is -2.17. The molecule has 3 aromatic rings. The molecule has 0 saturated carbocycles. The van der Waals surface area contributed by atoms with Crippen molar-refractivity contribution >= 4 is 27.8 Å². The van der Waals surface area contributed by atoms with Gasteiger partial charge in [0, 0.05) is 15.6 Å². The number of nitrogens with one attached hydrogen (secondary N) is 2. The van der Waals surface area contributed by atoms with E-state index in [1.807, 2.05) is 24.3 Å². The number of rotatable bonds is 4. The molecule has 0 radical (unpaired) electrons. The number of aromatic nitrogens is 3. The molecule has 1 amide bonds. The van der Waals surface area contributed by atoms with Gasteiger partial charge in [-0.3, -0.25) is 15.2 Å². The first-order chi connectivity index (χ1) is 12.3. The summed E-state index contributed by atoms with van der Waals surface area (Å²) in [6, 6.07) is 11.8. The Morgan fingerprint density at radius 3 is 2.35 bits per heavy atom. The summed E-state index contributed by atoms with van der Waals surface area (Å²) in [7, 11) is 0. The molecule has 0 bridgehead atoms. The Bertz CT molecular complexity index is 908. The van der Waals surface area contributed by atoms with Gasteiger partial charge in [0.15, 0.2) is 5.82 Å². The topological polar surface area (TPSA) is 79.9 Å². The molecule has 1 aromatic heterocycles. The second kappa shape index (κ2) is 7.16. The molecule has 0 aliphatic carbocycles. The molecule has 0 saturated heterocycles. The molecule has 6 nitrogen and oxygen atoms in total. The van der Waals surface area contributed by atoms with Crippen molar-refractivity contribution in [3.05, 3.63) is 58.6 Å². The van der Waals surface area contributed by atoms with Gasteiger partial charge in [-0.05, 0) is 36.4 Å². The molecule has 0 aliphatic rings. The highest BCUT2D eigenvalue weighted by Crippen LogP contribution is 2.23. The van der Waals surface area contributed by atoms with Crippen molar-refractivity contribution in [3.8, 4) is 17.1 Å². The predicted molar refractivity (Wildman–Crippen MR) is 90.6 cm³/mol. The third-order valence-electron chi connectivity index (χ3n) is 3.18. The minimum atomic E-state index is -4.79. The Labute approximate surface area is 153 Å². The molecular weight excluding hydrogens is 417 g/mol. The van der Waals surface area contributed by atoms with Crippen molar-refractivity contribution in [2.45, 2.75) is 6.36 Å². The molecular formula is C16H10BrF3N4O2. The van der Waals surface area contributed by atoms with Crippen LogP contribution in [0, 0.1) is 0 Å². The van der Waals surface area contributed by atoms with Crippen LogP contribution in [0.25, 0.3) is 11.4 Å². The highest BCUT2D eigenvalue weighted by atomic mass is 79.9. The van der Waals surface area contributed by atoms with E-state index in [1.165, 1.54) is 12.1 Å². The van der Waals surface area contributed by atoms with E-state index in [0.717, 1.165) is 22.2 Å². The molecule has 3 rings (SSSR count). The molecule has 0 unspecified atom stereocenters. The van der Waals surface area contributed by atoms with Crippen LogP contribution in [0.3, 0.4) is 0 Å². The Kier molecular flexibility index (Phi) is 4.94. The molecule has 0 atom stereocenters. The maximum atomic E-state index is 12.1. The molecule has 26 heavy (non-hydrogen) atoms. The maximum Gasteiger partial charge on any atom is 0.573 e. The Morgan fingerprint density at radius 2 is 1.73 bits per heavy atom. The Hall–Kier alpha value is -2.88. The molecule has 0 aliphatic heterocycles. The SMILES string of the molecule is O=C(Nc1n[nH]c(-c2ccc(Br)cc2)n1)c1ccc(OC(F)(F)F)cc1. The quantitative estimate of drug-likeness (QED) is 0.648. The highest BCUT2D eigenvalue weighted by Gasteiger charge is 2.31. The number of hydrogen-bond donors (Lipinski definition) is 2. The van der Waals surface area contributed by atoms with Gasteiger partial charge in [-0.15, -0.1) is 18.3 Å². The smallest absolute Gasteiger partial charge is 0.406 e. The Morgan fingerprint density at radius 1 is 1.08 bits per heavy atom. The molecule has 0 fully saturated rings. The van der Waals surface area contributed by atoms with Crippen molar-refractivity contribution in [3.63, 3.8) is 0 Å². The molecule has 134 valence electrons. The first-order valence-corrected chi connectivity index (χ1v) is 7.95. The number of carbonyl (C=O) groups excluding carboxylic acids is 1. The summed E-state index contributed by atoms with van der Waals surface area (Å²) in [6.45, 7) is 0. The number of benzene rings is 2. The van der Waals surface area contributed by atoms with Gasteiger partial charge in [0.05, 0.1) is 0 Å². The summed E-state index contributed by atoms with van der Waals surface area (Å²) < 4.78 is 41.0. The molecule has 1 heterocycles. The van der Waals surface area contributed by atoms with Crippen LogP contribution in [0.15, 0.2) is 53.0 Å². The third-order valence-corrected chi connectivity index (χ3v) is 3.71. The molecule has 2 N–H and O–H groups in total. The number of amides is 1. The van der Waals surface area contributed by atoms with E-state index in [9.17, 15) is 18.0 Å². The van der Waals surface area contributed by atoms with Crippen LogP contribution < -0.4 is 10.1 Å².